The molecule has 3 aromatic rings. The standard InChI is InChI=1S/C28H21N3O3/c1-28(2)22(31(3)21-12-11-15-7-4-5-8-16(15)24(21)28)14-29-20-13-19-23-17(25(20)32)9-6-10-18(23)26(33)30-27(19)34/h4-14H,1-3H3,(H,30,33,34)/b22-14+,29-20?. The summed E-state index contributed by atoms with van der Waals surface area (Å²) in [5.74, 6) is -1.31. The van der Waals surface area contributed by atoms with Crippen LogP contribution in [0.4, 0.5) is 5.69 Å². The third-order valence-electron chi connectivity index (χ3n) is 7.03. The normalized spacial score (nSPS) is 20.5. The van der Waals surface area contributed by atoms with Crippen molar-refractivity contribution in [2.45, 2.75) is 19.3 Å². The van der Waals surface area contributed by atoms with Gasteiger partial charge in [-0.25, -0.2) is 0 Å². The van der Waals surface area contributed by atoms with Gasteiger partial charge in [-0.1, -0.05) is 56.3 Å². The maximum absolute atomic E-state index is 13.2. The largest absolute Gasteiger partial charge is 0.346 e. The molecule has 6 nitrogen and oxygen atoms in total. The highest BCUT2D eigenvalue weighted by molar-refractivity contribution is 6.56. The number of imide groups is 1. The predicted molar refractivity (Wildman–Crippen MR) is 132 cm³/mol. The van der Waals surface area contributed by atoms with Crippen LogP contribution in [-0.2, 0) is 10.2 Å². The number of anilines is 1. The summed E-state index contributed by atoms with van der Waals surface area (Å²) in [4.78, 5) is 44.7. The van der Waals surface area contributed by atoms with E-state index in [0.717, 1.165) is 11.4 Å². The lowest BCUT2D eigenvalue weighted by Crippen LogP contribution is -2.39. The Hall–Kier alpha value is -4.32. The Morgan fingerprint density at radius 3 is 2.50 bits per heavy atom. The summed E-state index contributed by atoms with van der Waals surface area (Å²) in [5, 5.41) is 4.71. The number of Topliss-reactive ketones (excluding diaryl/α,β-unsaturated/α-hetero) is 1. The molecule has 0 saturated carbocycles. The third kappa shape index (κ3) is 2.62. The second-order valence-electron chi connectivity index (χ2n) is 9.29. The first-order valence-corrected chi connectivity index (χ1v) is 11.1. The minimum atomic E-state index is -0.519. The summed E-state index contributed by atoms with van der Waals surface area (Å²) in [5.41, 5.74) is 4.41. The average Bonchev–Trinajstić information content (AvgIpc) is 3.02. The van der Waals surface area contributed by atoms with Gasteiger partial charge in [-0.2, -0.15) is 0 Å². The fourth-order valence-electron chi connectivity index (χ4n) is 5.40. The molecule has 0 aromatic heterocycles. The van der Waals surface area contributed by atoms with Gasteiger partial charge < -0.3 is 4.90 Å². The lowest BCUT2D eigenvalue weighted by atomic mass is 9.81. The van der Waals surface area contributed by atoms with E-state index in [4.69, 9.17) is 0 Å². The minimum absolute atomic E-state index is 0.168. The van der Waals surface area contributed by atoms with Crippen LogP contribution in [0.15, 0.2) is 77.6 Å². The van der Waals surface area contributed by atoms with Crippen LogP contribution in [0, 0.1) is 0 Å². The molecule has 0 bridgehead atoms. The van der Waals surface area contributed by atoms with E-state index in [1.54, 1.807) is 24.4 Å². The van der Waals surface area contributed by atoms with Crippen LogP contribution in [0.1, 0.15) is 45.7 Å². The highest BCUT2D eigenvalue weighted by Gasteiger charge is 2.40. The van der Waals surface area contributed by atoms with Crippen molar-refractivity contribution in [1.29, 1.82) is 0 Å². The molecule has 34 heavy (non-hydrogen) atoms. The Kier molecular flexibility index (Phi) is 4.08. The van der Waals surface area contributed by atoms with Crippen molar-refractivity contribution in [3.8, 4) is 0 Å². The first-order valence-electron chi connectivity index (χ1n) is 11.1. The number of likely N-dealkylation sites (N-methyl/N-ethyl adjacent to an activating group) is 1. The fourth-order valence-corrected chi connectivity index (χ4v) is 5.40. The van der Waals surface area contributed by atoms with Gasteiger partial charge in [0.25, 0.3) is 11.8 Å². The maximum Gasteiger partial charge on any atom is 0.258 e. The van der Waals surface area contributed by atoms with Crippen LogP contribution in [0.2, 0.25) is 0 Å². The molecule has 2 aliphatic heterocycles. The number of nitrogens with zero attached hydrogens (tertiary/aromatic N) is 2. The molecule has 3 aliphatic rings. The van der Waals surface area contributed by atoms with Gasteiger partial charge in [0.1, 0.15) is 5.71 Å². The summed E-state index contributed by atoms with van der Waals surface area (Å²) in [7, 11) is 2.00. The molecule has 0 unspecified atom stereocenters. The van der Waals surface area contributed by atoms with E-state index in [-0.39, 0.29) is 22.5 Å². The van der Waals surface area contributed by atoms with Gasteiger partial charge in [0.15, 0.2) is 0 Å². The molecule has 0 spiro atoms. The smallest absolute Gasteiger partial charge is 0.258 e. The van der Waals surface area contributed by atoms with Gasteiger partial charge >= 0.3 is 0 Å². The van der Waals surface area contributed by atoms with Crippen molar-refractivity contribution in [3.05, 3.63) is 94.8 Å². The molecule has 6 heteroatoms. The van der Waals surface area contributed by atoms with Crippen molar-refractivity contribution in [2.24, 2.45) is 4.99 Å². The molecule has 3 aromatic carbocycles. The monoisotopic (exact) mass is 447 g/mol. The summed E-state index contributed by atoms with van der Waals surface area (Å²) in [6.45, 7) is 4.30. The number of amides is 2. The number of ketones is 1. The number of carbonyl (C=O) groups excluding carboxylic acids is 3. The van der Waals surface area contributed by atoms with Crippen LogP contribution in [0.3, 0.4) is 0 Å². The molecule has 2 amide bonds. The highest BCUT2D eigenvalue weighted by Crippen LogP contribution is 2.50. The van der Waals surface area contributed by atoms with Gasteiger partial charge in [-0.15, -0.1) is 0 Å². The predicted octanol–water partition coefficient (Wildman–Crippen LogP) is 4.40. The van der Waals surface area contributed by atoms with Crippen molar-refractivity contribution in [3.63, 3.8) is 0 Å². The average molecular weight is 447 g/mol. The van der Waals surface area contributed by atoms with Crippen molar-refractivity contribution in [2.75, 3.05) is 11.9 Å². The van der Waals surface area contributed by atoms with E-state index in [9.17, 15) is 14.4 Å². The zero-order valence-electron chi connectivity index (χ0n) is 19.0. The van der Waals surface area contributed by atoms with E-state index in [1.807, 2.05) is 19.2 Å². The molecule has 2 heterocycles. The first kappa shape index (κ1) is 20.3. The number of allylic oxidation sites excluding steroid dienone is 2. The molecule has 1 aliphatic carbocycles. The molecular formula is C28H21N3O3. The number of nitrogens with one attached hydrogen (secondary N) is 1. The third-order valence-corrected chi connectivity index (χ3v) is 7.03. The van der Waals surface area contributed by atoms with Gasteiger partial charge in [0.2, 0.25) is 5.78 Å². The maximum atomic E-state index is 13.2. The highest BCUT2D eigenvalue weighted by atomic mass is 16.2. The van der Waals surface area contributed by atoms with E-state index in [0.29, 0.717) is 16.7 Å². The topological polar surface area (TPSA) is 78.8 Å². The van der Waals surface area contributed by atoms with Crippen LogP contribution in [-0.4, -0.2) is 30.4 Å². The van der Waals surface area contributed by atoms with E-state index >= 15 is 0 Å². The molecule has 6 rings (SSSR count). The summed E-state index contributed by atoms with van der Waals surface area (Å²) < 4.78 is 0. The van der Waals surface area contributed by atoms with Crippen molar-refractivity contribution >= 4 is 45.3 Å². The second kappa shape index (κ2) is 6.84. The summed E-state index contributed by atoms with van der Waals surface area (Å²) >= 11 is 0. The van der Waals surface area contributed by atoms with Gasteiger partial charge in [-0.05, 0) is 34.5 Å². The van der Waals surface area contributed by atoms with E-state index < -0.39 is 11.8 Å². The second-order valence-corrected chi connectivity index (χ2v) is 9.29. The number of aliphatic imine (C=N–C) groups is 1. The lowest BCUT2D eigenvalue weighted by molar-refractivity contribution is -0.114. The molecule has 0 atom stereocenters. The van der Waals surface area contributed by atoms with Crippen molar-refractivity contribution in [1.82, 2.24) is 5.32 Å². The zero-order valence-corrected chi connectivity index (χ0v) is 19.0. The molecule has 1 N–H and O–H groups in total. The van der Waals surface area contributed by atoms with Gasteiger partial charge in [0, 0.05) is 46.7 Å². The van der Waals surface area contributed by atoms with Crippen LogP contribution in [0.5, 0.6) is 0 Å². The van der Waals surface area contributed by atoms with Gasteiger partial charge in [0.05, 0.1) is 5.57 Å². The minimum Gasteiger partial charge on any atom is -0.346 e. The molecule has 166 valence electrons. The Morgan fingerprint density at radius 1 is 0.912 bits per heavy atom. The molecule has 0 radical (unpaired) electrons. The quantitative estimate of drug-likeness (QED) is 0.561. The molecular weight excluding hydrogens is 426 g/mol. The number of hydrogen-bond acceptors (Lipinski definition) is 5. The number of benzene rings is 3. The van der Waals surface area contributed by atoms with E-state index in [2.05, 4.69) is 53.3 Å². The van der Waals surface area contributed by atoms with Crippen molar-refractivity contribution < 1.29 is 14.4 Å². The fraction of sp³-hybridized carbons (Fsp3) is 0.143. The first-order chi connectivity index (χ1) is 16.3. The number of hydrogen-bond donors (Lipinski definition) is 1. The number of rotatable bonds is 1. The number of fused-ring (bicyclic) bond motifs is 3. The van der Waals surface area contributed by atoms with Crippen LogP contribution in [0.25, 0.3) is 16.3 Å². The Morgan fingerprint density at radius 2 is 1.68 bits per heavy atom. The van der Waals surface area contributed by atoms with Crippen LogP contribution >= 0.6 is 0 Å². The Bertz CT molecular complexity index is 1570. The summed E-state index contributed by atoms with van der Waals surface area (Å²) in [6.07, 6.45) is 3.21. The number of carbonyl (C=O) groups is 3. The molecule has 0 fully saturated rings. The molecule has 0 saturated heterocycles. The summed E-state index contributed by atoms with van der Waals surface area (Å²) in [6, 6.07) is 17.4. The lowest BCUT2D eigenvalue weighted by Gasteiger charge is -2.25. The zero-order chi connectivity index (χ0) is 23.8. The Labute approximate surface area is 196 Å². The van der Waals surface area contributed by atoms with Crippen LogP contribution < -0.4 is 10.2 Å². The Balaban J connectivity index is 1.49. The SMILES string of the molecule is CN1/C(=C/N=C2C=C3C(=O)NC(=O)c4cccc(c43)C2=O)C(C)(C)c2c1ccc1ccccc21. The van der Waals surface area contributed by atoms with E-state index in [1.165, 1.54) is 22.4 Å². The van der Waals surface area contributed by atoms with Gasteiger partial charge in [-0.3, -0.25) is 24.7 Å².